The van der Waals surface area contributed by atoms with Crippen molar-refractivity contribution >= 4 is 23.4 Å². The Bertz CT molecular complexity index is 904. The Morgan fingerprint density at radius 1 is 1.14 bits per heavy atom. The average molecular weight is 398 g/mol. The summed E-state index contributed by atoms with van der Waals surface area (Å²) >= 11 is 1.29. The highest BCUT2D eigenvalue weighted by atomic mass is 32.2. The fraction of sp³-hybridized carbons (Fsp3) is 0.350. The van der Waals surface area contributed by atoms with Gasteiger partial charge in [0.25, 0.3) is 0 Å². The number of aromatic nitrogens is 3. The molecular formula is C20H23N5O2S. The highest BCUT2D eigenvalue weighted by Gasteiger charge is 2.27. The third-order valence-corrected chi connectivity index (χ3v) is 5.90. The lowest BCUT2D eigenvalue weighted by Gasteiger charge is -2.34. The van der Waals surface area contributed by atoms with Gasteiger partial charge in [-0.25, -0.2) is 4.68 Å². The van der Waals surface area contributed by atoms with Crippen LogP contribution in [0.5, 0.6) is 0 Å². The molecule has 0 radical (unpaired) electrons. The van der Waals surface area contributed by atoms with Gasteiger partial charge in [0.15, 0.2) is 5.76 Å². The molecule has 1 aliphatic rings. The van der Waals surface area contributed by atoms with Gasteiger partial charge >= 0.3 is 0 Å². The number of thioether (sulfide) groups is 1. The molecule has 8 heteroatoms. The topological polar surface area (TPSA) is 90.2 Å². The maximum Gasteiger partial charge on any atom is 0.237 e. The number of carbonyl (C=O) groups is 1. The number of anilines is 1. The normalized spacial score (nSPS) is 14.9. The first kappa shape index (κ1) is 18.6. The molecule has 3 aromatic rings. The van der Waals surface area contributed by atoms with Crippen LogP contribution in [0.25, 0.3) is 11.6 Å². The predicted molar refractivity (Wildman–Crippen MR) is 109 cm³/mol. The summed E-state index contributed by atoms with van der Waals surface area (Å²) in [5, 5.41) is 8.67. The van der Waals surface area contributed by atoms with Gasteiger partial charge in [0.2, 0.25) is 16.9 Å². The fourth-order valence-electron chi connectivity index (χ4n) is 3.63. The van der Waals surface area contributed by atoms with Gasteiger partial charge in [0.1, 0.15) is 0 Å². The molecule has 0 saturated heterocycles. The Morgan fingerprint density at radius 3 is 2.64 bits per heavy atom. The van der Waals surface area contributed by atoms with Crippen molar-refractivity contribution in [1.29, 1.82) is 0 Å². The van der Waals surface area contributed by atoms with Crippen LogP contribution < -0.4 is 10.7 Å². The molecule has 146 valence electrons. The zero-order chi connectivity index (χ0) is 19.3. The SMILES string of the molecule is Nn1c(SCC(=O)N(c2ccccc2)C2CCCCC2)nnc1-c1ccco1. The van der Waals surface area contributed by atoms with Gasteiger partial charge in [-0.15, -0.1) is 10.2 Å². The second-order valence-electron chi connectivity index (χ2n) is 6.83. The highest BCUT2D eigenvalue weighted by molar-refractivity contribution is 7.99. The first-order valence-corrected chi connectivity index (χ1v) is 10.5. The molecule has 0 spiro atoms. The maximum atomic E-state index is 13.2. The van der Waals surface area contributed by atoms with E-state index in [1.807, 2.05) is 35.2 Å². The van der Waals surface area contributed by atoms with E-state index in [4.69, 9.17) is 10.3 Å². The van der Waals surface area contributed by atoms with Crippen LogP contribution in [-0.2, 0) is 4.79 Å². The lowest BCUT2D eigenvalue weighted by atomic mass is 9.93. The van der Waals surface area contributed by atoms with E-state index in [-0.39, 0.29) is 17.7 Å². The number of nitrogens with zero attached hydrogens (tertiary/aromatic N) is 4. The number of benzene rings is 1. The van der Waals surface area contributed by atoms with E-state index < -0.39 is 0 Å². The van der Waals surface area contributed by atoms with Gasteiger partial charge in [0.05, 0.1) is 12.0 Å². The summed E-state index contributed by atoms with van der Waals surface area (Å²) in [5.74, 6) is 7.39. The van der Waals surface area contributed by atoms with Crippen molar-refractivity contribution < 1.29 is 9.21 Å². The Labute approximate surface area is 167 Å². The predicted octanol–water partition coefficient (Wildman–Crippen LogP) is 3.71. The minimum Gasteiger partial charge on any atom is -0.461 e. The highest BCUT2D eigenvalue weighted by Crippen LogP contribution is 2.29. The van der Waals surface area contributed by atoms with E-state index in [1.165, 1.54) is 22.9 Å². The average Bonchev–Trinajstić information content (AvgIpc) is 3.38. The second kappa shape index (κ2) is 8.52. The molecule has 28 heavy (non-hydrogen) atoms. The Morgan fingerprint density at radius 2 is 1.93 bits per heavy atom. The lowest BCUT2D eigenvalue weighted by Crippen LogP contribution is -2.42. The molecular weight excluding hydrogens is 374 g/mol. The molecule has 2 N–H and O–H groups in total. The smallest absolute Gasteiger partial charge is 0.237 e. The number of furan rings is 1. The van der Waals surface area contributed by atoms with Crippen LogP contribution in [-0.4, -0.2) is 32.6 Å². The van der Waals surface area contributed by atoms with E-state index >= 15 is 0 Å². The zero-order valence-electron chi connectivity index (χ0n) is 15.5. The van der Waals surface area contributed by atoms with Crippen molar-refractivity contribution in [1.82, 2.24) is 14.9 Å². The molecule has 1 saturated carbocycles. The van der Waals surface area contributed by atoms with Crippen LogP contribution >= 0.6 is 11.8 Å². The summed E-state index contributed by atoms with van der Waals surface area (Å²) in [4.78, 5) is 15.1. The number of carbonyl (C=O) groups excluding carboxylic acids is 1. The Kier molecular flexibility index (Phi) is 5.66. The molecule has 2 aromatic heterocycles. The minimum atomic E-state index is 0.0608. The molecule has 1 aliphatic carbocycles. The van der Waals surface area contributed by atoms with Crippen molar-refractivity contribution in [2.45, 2.75) is 43.3 Å². The Hall–Kier alpha value is -2.74. The van der Waals surface area contributed by atoms with E-state index in [1.54, 1.807) is 18.4 Å². The third-order valence-electron chi connectivity index (χ3n) is 4.97. The summed E-state index contributed by atoms with van der Waals surface area (Å²) in [7, 11) is 0. The van der Waals surface area contributed by atoms with Crippen LogP contribution in [0.3, 0.4) is 0 Å². The number of nitrogen functional groups attached to an aromatic ring is 1. The van der Waals surface area contributed by atoms with Gasteiger partial charge in [-0.2, -0.15) is 0 Å². The molecule has 1 amide bonds. The van der Waals surface area contributed by atoms with E-state index in [2.05, 4.69) is 10.2 Å². The molecule has 0 bridgehead atoms. The monoisotopic (exact) mass is 397 g/mol. The van der Waals surface area contributed by atoms with Crippen LogP contribution in [0.15, 0.2) is 58.3 Å². The van der Waals surface area contributed by atoms with Crippen LogP contribution in [0, 0.1) is 0 Å². The summed E-state index contributed by atoms with van der Waals surface area (Å²) in [6.45, 7) is 0. The second-order valence-corrected chi connectivity index (χ2v) is 7.78. The summed E-state index contributed by atoms with van der Waals surface area (Å²) in [5.41, 5.74) is 0.950. The molecule has 0 atom stereocenters. The minimum absolute atomic E-state index is 0.0608. The number of amides is 1. The molecule has 0 unspecified atom stereocenters. The van der Waals surface area contributed by atoms with Gasteiger partial charge in [0, 0.05) is 11.7 Å². The Balaban J connectivity index is 1.49. The van der Waals surface area contributed by atoms with Crippen molar-refractivity contribution in [3.63, 3.8) is 0 Å². The van der Waals surface area contributed by atoms with Crippen LogP contribution in [0.2, 0.25) is 0 Å². The van der Waals surface area contributed by atoms with E-state index in [0.717, 1.165) is 31.4 Å². The first-order chi connectivity index (χ1) is 13.7. The molecule has 1 aromatic carbocycles. The molecule has 1 fully saturated rings. The van der Waals surface area contributed by atoms with Gasteiger partial charge in [-0.1, -0.05) is 49.2 Å². The molecule has 4 rings (SSSR count). The summed E-state index contributed by atoms with van der Waals surface area (Å²) < 4.78 is 6.69. The van der Waals surface area contributed by atoms with Gasteiger partial charge in [-0.3, -0.25) is 4.79 Å². The third kappa shape index (κ3) is 3.91. The van der Waals surface area contributed by atoms with Gasteiger partial charge in [-0.05, 0) is 37.1 Å². The maximum absolute atomic E-state index is 13.2. The van der Waals surface area contributed by atoms with Crippen molar-refractivity contribution in [3.8, 4) is 11.6 Å². The summed E-state index contributed by atoms with van der Waals surface area (Å²) in [6.07, 6.45) is 7.22. The number of hydrogen-bond acceptors (Lipinski definition) is 6. The van der Waals surface area contributed by atoms with Crippen molar-refractivity contribution in [2.24, 2.45) is 0 Å². The number of rotatable bonds is 6. The lowest BCUT2D eigenvalue weighted by molar-refractivity contribution is -0.116. The van der Waals surface area contributed by atoms with Crippen molar-refractivity contribution in [2.75, 3.05) is 16.5 Å². The standard InChI is InChI=1S/C20H23N5O2S/c21-25-19(17-12-7-13-27-17)22-23-20(25)28-14-18(26)24(15-8-3-1-4-9-15)16-10-5-2-6-11-16/h1,3-4,7-9,12-13,16H,2,5-6,10-11,14,21H2. The van der Waals surface area contributed by atoms with Crippen LogP contribution in [0.4, 0.5) is 5.69 Å². The van der Waals surface area contributed by atoms with E-state index in [0.29, 0.717) is 16.7 Å². The molecule has 7 nitrogen and oxygen atoms in total. The molecule has 2 heterocycles. The summed E-state index contributed by atoms with van der Waals surface area (Å²) in [6, 6.07) is 13.7. The van der Waals surface area contributed by atoms with E-state index in [9.17, 15) is 4.79 Å². The number of nitrogens with two attached hydrogens (primary N) is 1. The largest absolute Gasteiger partial charge is 0.461 e. The quantitative estimate of drug-likeness (QED) is 0.504. The molecule has 0 aliphatic heterocycles. The first-order valence-electron chi connectivity index (χ1n) is 9.48. The number of para-hydroxylation sites is 1. The van der Waals surface area contributed by atoms with Gasteiger partial charge < -0.3 is 15.2 Å². The fourth-order valence-corrected chi connectivity index (χ4v) is 4.35. The van der Waals surface area contributed by atoms with Crippen LogP contribution in [0.1, 0.15) is 32.1 Å². The number of hydrogen-bond donors (Lipinski definition) is 1. The zero-order valence-corrected chi connectivity index (χ0v) is 16.3. The van der Waals surface area contributed by atoms with Crippen molar-refractivity contribution in [3.05, 3.63) is 48.7 Å².